The van der Waals surface area contributed by atoms with Crippen molar-refractivity contribution in [2.75, 3.05) is 65.4 Å². The Morgan fingerprint density at radius 2 is 0.464 bits per heavy atom. The van der Waals surface area contributed by atoms with Crippen LogP contribution in [0, 0.1) is 0 Å². The minimum atomic E-state index is 0.718. The highest BCUT2D eigenvalue weighted by molar-refractivity contribution is 4.76. The van der Waals surface area contributed by atoms with Gasteiger partial charge in [0.2, 0.25) is 0 Å². The van der Waals surface area contributed by atoms with Crippen LogP contribution < -0.4 is 16.0 Å². The number of rotatable bonds is 59. The highest BCUT2D eigenvalue weighted by Crippen LogP contribution is 2.19. The van der Waals surface area contributed by atoms with Crippen molar-refractivity contribution in [3.63, 3.8) is 0 Å². The van der Waals surface area contributed by atoms with Gasteiger partial charge in [0.05, 0.1) is 0 Å². The second-order valence-electron chi connectivity index (χ2n) is 23.0. The predicted octanol–water partition coefficient (Wildman–Crippen LogP) is 18.9. The molecule has 0 unspecified atom stereocenters. The van der Waals surface area contributed by atoms with E-state index in [9.17, 15) is 0 Å². The lowest BCUT2D eigenvalue weighted by Gasteiger charge is -2.35. The fourth-order valence-corrected chi connectivity index (χ4v) is 11.3. The van der Waals surface area contributed by atoms with Crippen LogP contribution in [0.3, 0.4) is 0 Å². The molecule has 0 saturated carbocycles. The van der Waals surface area contributed by atoms with E-state index in [0.29, 0.717) is 0 Å². The first kappa shape index (κ1) is 66.8. The summed E-state index contributed by atoms with van der Waals surface area (Å²) >= 11 is 0. The maximum Gasteiger partial charge on any atom is 0.0110 e. The first-order valence-corrected chi connectivity index (χ1v) is 32.9. The van der Waals surface area contributed by atoms with Crippen molar-refractivity contribution in [2.45, 2.75) is 348 Å². The zero-order chi connectivity index (χ0) is 49.4. The van der Waals surface area contributed by atoms with Gasteiger partial charge in [0, 0.05) is 77.5 Å². The van der Waals surface area contributed by atoms with Crippen molar-refractivity contribution in [3.05, 3.63) is 0 Å². The van der Waals surface area contributed by atoms with Crippen LogP contribution >= 0.6 is 0 Å². The molecular formula is C64H133N5. The molecule has 5 nitrogen and oxygen atoms in total. The molecule has 414 valence electrons. The standard InChI is InChI=1S/C64H133N5/c1-5-9-13-17-21-25-29-33-37-41-45-49-63(50-46-42-38-34-30-26-22-18-14-10-6-2)66-54-53-65-55-57-68-59-61-69(62-60-68)58-56-67-64(51-47-43-39-35-31-27-23-19-15-11-7-3)52-48-44-40-36-32-28-24-20-16-12-8-4/h63-67H,5-62H2,1-4H3. The lowest BCUT2D eigenvalue weighted by Crippen LogP contribution is -2.50. The number of nitrogens with zero attached hydrogens (tertiary/aromatic N) is 2. The molecule has 0 aromatic heterocycles. The van der Waals surface area contributed by atoms with Crippen LogP contribution in [-0.4, -0.2) is 87.3 Å². The molecule has 0 spiro atoms. The SMILES string of the molecule is CCCCCCCCCCCCCC(CCCCCCCCCCCCC)NCCNCCN1CCN(CCNC(CCCCCCCCCCCCC)CCCCCCCCCCCCC)CC1. The fourth-order valence-electron chi connectivity index (χ4n) is 11.3. The van der Waals surface area contributed by atoms with E-state index >= 15 is 0 Å². The van der Waals surface area contributed by atoms with Gasteiger partial charge in [0.1, 0.15) is 0 Å². The third-order valence-corrected chi connectivity index (χ3v) is 16.3. The Kier molecular flexibility index (Phi) is 55.3. The Balaban J connectivity index is 2.30. The average Bonchev–Trinajstić information content (AvgIpc) is 3.36. The van der Waals surface area contributed by atoms with Crippen molar-refractivity contribution < 1.29 is 0 Å². The van der Waals surface area contributed by atoms with Gasteiger partial charge in [-0.2, -0.15) is 0 Å². The zero-order valence-electron chi connectivity index (χ0n) is 48.6. The van der Waals surface area contributed by atoms with Gasteiger partial charge in [-0.05, 0) is 25.7 Å². The van der Waals surface area contributed by atoms with Crippen LogP contribution in [0.4, 0.5) is 0 Å². The van der Waals surface area contributed by atoms with E-state index in [1.165, 1.54) is 354 Å². The van der Waals surface area contributed by atoms with Crippen molar-refractivity contribution in [3.8, 4) is 0 Å². The van der Waals surface area contributed by atoms with Crippen LogP contribution in [0.1, 0.15) is 336 Å². The second-order valence-corrected chi connectivity index (χ2v) is 23.0. The summed E-state index contributed by atoms with van der Waals surface area (Å²) in [4.78, 5) is 5.46. The fraction of sp³-hybridized carbons (Fsp3) is 1.00. The molecule has 0 atom stereocenters. The molecule has 1 heterocycles. The van der Waals surface area contributed by atoms with Gasteiger partial charge in [-0.15, -0.1) is 0 Å². The number of unbranched alkanes of at least 4 members (excludes halogenated alkanes) is 40. The predicted molar refractivity (Wildman–Crippen MR) is 314 cm³/mol. The molecule has 1 rings (SSSR count). The lowest BCUT2D eigenvalue weighted by molar-refractivity contribution is 0.132. The number of hydrogen-bond acceptors (Lipinski definition) is 5. The van der Waals surface area contributed by atoms with Gasteiger partial charge in [0.15, 0.2) is 0 Å². The highest BCUT2D eigenvalue weighted by Gasteiger charge is 2.17. The third kappa shape index (κ3) is 49.8. The summed E-state index contributed by atoms with van der Waals surface area (Å²) in [7, 11) is 0. The summed E-state index contributed by atoms with van der Waals surface area (Å²) in [5.41, 5.74) is 0. The lowest BCUT2D eigenvalue weighted by atomic mass is 9.99. The van der Waals surface area contributed by atoms with E-state index in [1.54, 1.807) is 0 Å². The van der Waals surface area contributed by atoms with Gasteiger partial charge < -0.3 is 16.0 Å². The molecule has 1 fully saturated rings. The Morgan fingerprint density at radius 1 is 0.246 bits per heavy atom. The first-order chi connectivity index (χ1) is 34.2. The Bertz CT molecular complexity index is 867. The summed E-state index contributed by atoms with van der Waals surface area (Å²) in [6.07, 6.45) is 69.1. The number of piperazine rings is 1. The molecule has 69 heavy (non-hydrogen) atoms. The first-order valence-electron chi connectivity index (χ1n) is 32.9. The molecule has 0 amide bonds. The molecule has 5 heteroatoms. The van der Waals surface area contributed by atoms with Crippen LogP contribution in [0.5, 0.6) is 0 Å². The molecule has 3 N–H and O–H groups in total. The van der Waals surface area contributed by atoms with Crippen LogP contribution in [0.15, 0.2) is 0 Å². The molecule has 0 radical (unpaired) electrons. The van der Waals surface area contributed by atoms with Gasteiger partial charge in [-0.25, -0.2) is 0 Å². The van der Waals surface area contributed by atoms with E-state index in [2.05, 4.69) is 53.4 Å². The smallest absolute Gasteiger partial charge is 0.0110 e. The molecule has 0 aliphatic carbocycles. The molecule has 0 aromatic rings. The highest BCUT2D eigenvalue weighted by atomic mass is 15.3. The molecule has 1 aliphatic rings. The maximum absolute atomic E-state index is 4.10. The summed E-state index contributed by atoms with van der Waals surface area (Å²) in [6, 6.07) is 1.45. The van der Waals surface area contributed by atoms with Crippen molar-refractivity contribution in [2.24, 2.45) is 0 Å². The van der Waals surface area contributed by atoms with Crippen molar-refractivity contribution >= 4 is 0 Å². The third-order valence-electron chi connectivity index (χ3n) is 16.3. The Morgan fingerprint density at radius 3 is 0.725 bits per heavy atom. The average molecular weight is 973 g/mol. The van der Waals surface area contributed by atoms with E-state index in [4.69, 9.17) is 0 Å². The van der Waals surface area contributed by atoms with Gasteiger partial charge in [-0.3, -0.25) is 9.80 Å². The molecule has 1 aliphatic heterocycles. The Labute approximate surface area is 437 Å². The number of nitrogens with one attached hydrogen (secondary N) is 3. The topological polar surface area (TPSA) is 42.6 Å². The molecule has 1 saturated heterocycles. The molecule has 0 aromatic carbocycles. The summed E-state index contributed by atoms with van der Waals surface area (Å²) in [6.45, 7) is 21.2. The van der Waals surface area contributed by atoms with E-state index in [-0.39, 0.29) is 0 Å². The van der Waals surface area contributed by atoms with Gasteiger partial charge in [0.25, 0.3) is 0 Å². The van der Waals surface area contributed by atoms with E-state index in [0.717, 1.165) is 31.7 Å². The Hall–Kier alpha value is -0.200. The van der Waals surface area contributed by atoms with Crippen LogP contribution in [0.2, 0.25) is 0 Å². The van der Waals surface area contributed by atoms with Crippen LogP contribution in [-0.2, 0) is 0 Å². The van der Waals surface area contributed by atoms with Crippen LogP contribution in [0.25, 0.3) is 0 Å². The van der Waals surface area contributed by atoms with Crippen molar-refractivity contribution in [1.82, 2.24) is 25.8 Å². The minimum Gasteiger partial charge on any atom is -0.314 e. The summed E-state index contributed by atoms with van der Waals surface area (Å²) in [5.74, 6) is 0. The largest absolute Gasteiger partial charge is 0.314 e. The minimum absolute atomic E-state index is 0.718. The van der Waals surface area contributed by atoms with Gasteiger partial charge >= 0.3 is 0 Å². The summed E-state index contributed by atoms with van der Waals surface area (Å²) < 4.78 is 0. The summed E-state index contributed by atoms with van der Waals surface area (Å²) in [5, 5.41) is 12.0. The van der Waals surface area contributed by atoms with E-state index < -0.39 is 0 Å². The monoisotopic (exact) mass is 972 g/mol. The van der Waals surface area contributed by atoms with Gasteiger partial charge in [-0.1, -0.05) is 310 Å². The zero-order valence-corrected chi connectivity index (χ0v) is 48.6. The normalized spacial score (nSPS) is 13.8. The molecular weight excluding hydrogens is 839 g/mol. The second kappa shape index (κ2) is 57.1. The quantitative estimate of drug-likeness (QED) is 0.0530. The maximum atomic E-state index is 4.10. The molecule has 0 bridgehead atoms. The number of hydrogen-bond donors (Lipinski definition) is 3. The van der Waals surface area contributed by atoms with E-state index in [1.807, 2.05) is 0 Å². The van der Waals surface area contributed by atoms with Crippen molar-refractivity contribution in [1.29, 1.82) is 0 Å².